The molecule has 0 spiro atoms. The van der Waals surface area contributed by atoms with Crippen LogP contribution in [0.4, 0.5) is 17.1 Å². The summed E-state index contributed by atoms with van der Waals surface area (Å²) in [6, 6.07) is 16.3. The second-order valence-corrected chi connectivity index (χ2v) is 8.29. The van der Waals surface area contributed by atoms with E-state index >= 15 is 0 Å². The highest BCUT2D eigenvalue weighted by molar-refractivity contribution is 6.46. The minimum Gasteiger partial charge on any atom is -0.350 e. The van der Waals surface area contributed by atoms with Gasteiger partial charge in [-0.05, 0) is 67.8 Å². The van der Waals surface area contributed by atoms with Crippen LogP contribution in [-0.4, -0.2) is 16.7 Å². The van der Waals surface area contributed by atoms with Gasteiger partial charge in [0.05, 0.1) is 16.2 Å². The van der Waals surface area contributed by atoms with E-state index in [9.17, 15) is 19.7 Å². The third-order valence-corrected chi connectivity index (χ3v) is 5.89. The molecule has 3 aromatic carbocycles. The van der Waals surface area contributed by atoms with Gasteiger partial charge in [0.15, 0.2) is 0 Å². The molecule has 1 N–H and O–H groups in total. The number of nitro benzene ring substituents is 1. The van der Waals surface area contributed by atoms with Crippen LogP contribution < -0.4 is 10.2 Å². The summed E-state index contributed by atoms with van der Waals surface area (Å²) in [7, 11) is 0. The van der Waals surface area contributed by atoms with E-state index in [2.05, 4.69) is 5.32 Å². The van der Waals surface area contributed by atoms with Crippen LogP contribution >= 0.6 is 11.6 Å². The van der Waals surface area contributed by atoms with Gasteiger partial charge in [0.1, 0.15) is 5.70 Å². The van der Waals surface area contributed by atoms with Gasteiger partial charge in [-0.2, -0.15) is 0 Å². The lowest BCUT2D eigenvalue weighted by Gasteiger charge is -2.18. The molecule has 166 valence electrons. The molecule has 0 aromatic heterocycles. The first-order chi connectivity index (χ1) is 15.7. The lowest BCUT2D eigenvalue weighted by Crippen LogP contribution is -2.33. The summed E-state index contributed by atoms with van der Waals surface area (Å²) in [5.41, 5.74) is 4.18. The summed E-state index contributed by atoms with van der Waals surface area (Å²) in [4.78, 5) is 38.7. The lowest BCUT2D eigenvalue weighted by atomic mass is 10.0. The zero-order valence-corrected chi connectivity index (χ0v) is 18.9. The molecule has 0 unspecified atom stereocenters. The molecule has 1 aliphatic heterocycles. The Labute approximate surface area is 195 Å². The maximum absolute atomic E-state index is 13.5. The zero-order valence-electron chi connectivity index (χ0n) is 18.2. The Bertz CT molecular complexity index is 1350. The van der Waals surface area contributed by atoms with Gasteiger partial charge >= 0.3 is 0 Å². The summed E-state index contributed by atoms with van der Waals surface area (Å²) < 4.78 is 0. The van der Waals surface area contributed by atoms with Crippen molar-refractivity contribution in [1.29, 1.82) is 0 Å². The van der Waals surface area contributed by atoms with Crippen molar-refractivity contribution in [1.82, 2.24) is 0 Å². The van der Waals surface area contributed by atoms with Gasteiger partial charge in [-0.3, -0.25) is 19.7 Å². The van der Waals surface area contributed by atoms with Crippen molar-refractivity contribution in [2.24, 2.45) is 0 Å². The average molecular weight is 462 g/mol. The summed E-state index contributed by atoms with van der Waals surface area (Å²) in [5, 5.41) is 14.6. The molecule has 0 saturated carbocycles. The number of carbonyl (C=O) groups excluding carboxylic acids is 2. The number of imide groups is 1. The summed E-state index contributed by atoms with van der Waals surface area (Å²) in [6.07, 6.45) is 0. The fourth-order valence-electron chi connectivity index (χ4n) is 3.75. The van der Waals surface area contributed by atoms with Crippen LogP contribution in [0, 0.1) is 30.9 Å². The van der Waals surface area contributed by atoms with Gasteiger partial charge in [0.25, 0.3) is 17.5 Å². The number of amides is 2. The van der Waals surface area contributed by atoms with Gasteiger partial charge < -0.3 is 5.32 Å². The number of nitrogens with zero attached hydrogens (tertiary/aromatic N) is 2. The van der Waals surface area contributed by atoms with Crippen molar-refractivity contribution in [2.75, 3.05) is 10.2 Å². The molecule has 2 amide bonds. The van der Waals surface area contributed by atoms with E-state index in [0.717, 1.165) is 21.6 Å². The first-order valence-corrected chi connectivity index (χ1v) is 10.5. The summed E-state index contributed by atoms with van der Waals surface area (Å²) in [6.45, 7) is 5.62. The molecule has 1 aliphatic rings. The standard InChI is InChI=1S/C25H20ClN3O4/c1-14-4-11-21(16(3)12-14)28-24(30)22(17-6-9-19(10-7-17)29(32)33)23(25(28)31)27-18-8-5-15(2)20(26)13-18/h4-13,27H,1-3H3. The van der Waals surface area contributed by atoms with Gasteiger partial charge in [-0.1, -0.05) is 35.4 Å². The van der Waals surface area contributed by atoms with Gasteiger partial charge in [0, 0.05) is 22.8 Å². The smallest absolute Gasteiger partial charge is 0.282 e. The number of aryl methyl sites for hydroxylation is 3. The minimum absolute atomic E-state index is 0.0775. The quantitative estimate of drug-likeness (QED) is 0.304. The molecule has 0 radical (unpaired) electrons. The third-order valence-electron chi connectivity index (χ3n) is 5.49. The van der Waals surface area contributed by atoms with E-state index in [4.69, 9.17) is 11.6 Å². The molecule has 8 heteroatoms. The molecule has 3 aromatic rings. The molecule has 33 heavy (non-hydrogen) atoms. The second kappa shape index (κ2) is 8.52. The predicted octanol–water partition coefficient (Wildman–Crippen LogP) is 5.57. The summed E-state index contributed by atoms with van der Waals surface area (Å²) in [5.74, 6) is -1.03. The highest BCUT2D eigenvalue weighted by atomic mass is 35.5. The van der Waals surface area contributed by atoms with E-state index in [1.807, 2.05) is 32.9 Å². The van der Waals surface area contributed by atoms with Crippen molar-refractivity contribution in [3.63, 3.8) is 0 Å². The number of non-ortho nitro benzene ring substituents is 1. The van der Waals surface area contributed by atoms with Crippen molar-refractivity contribution in [3.05, 3.63) is 104 Å². The Morgan fingerprint density at radius 1 is 0.879 bits per heavy atom. The number of hydrogen-bond donors (Lipinski definition) is 1. The Morgan fingerprint density at radius 3 is 2.18 bits per heavy atom. The molecule has 1 heterocycles. The topological polar surface area (TPSA) is 92.6 Å². The van der Waals surface area contributed by atoms with Crippen LogP contribution in [0.25, 0.3) is 5.57 Å². The van der Waals surface area contributed by atoms with Crippen LogP contribution in [0.2, 0.25) is 5.02 Å². The van der Waals surface area contributed by atoms with Crippen molar-refractivity contribution >= 4 is 46.1 Å². The van der Waals surface area contributed by atoms with Crippen LogP contribution in [0.15, 0.2) is 66.4 Å². The Morgan fingerprint density at radius 2 is 1.58 bits per heavy atom. The Kier molecular flexibility index (Phi) is 5.74. The van der Waals surface area contributed by atoms with E-state index in [-0.39, 0.29) is 17.0 Å². The number of nitro groups is 1. The predicted molar refractivity (Wildman–Crippen MR) is 128 cm³/mol. The van der Waals surface area contributed by atoms with Crippen LogP contribution in [-0.2, 0) is 9.59 Å². The molecule has 0 fully saturated rings. The summed E-state index contributed by atoms with van der Waals surface area (Å²) >= 11 is 6.24. The van der Waals surface area contributed by atoms with E-state index in [1.165, 1.54) is 24.3 Å². The van der Waals surface area contributed by atoms with E-state index in [0.29, 0.717) is 22.0 Å². The number of rotatable bonds is 5. The molecule has 0 atom stereocenters. The fraction of sp³-hybridized carbons (Fsp3) is 0.120. The Hall–Kier alpha value is -3.97. The monoisotopic (exact) mass is 461 g/mol. The maximum Gasteiger partial charge on any atom is 0.282 e. The second-order valence-electron chi connectivity index (χ2n) is 7.88. The molecule has 0 aliphatic carbocycles. The number of nitrogens with one attached hydrogen (secondary N) is 1. The normalized spacial score (nSPS) is 13.6. The number of anilines is 2. The van der Waals surface area contributed by atoms with Crippen LogP contribution in [0.1, 0.15) is 22.3 Å². The lowest BCUT2D eigenvalue weighted by molar-refractivity contribution is -0.384. The van der Waals surface area contributed by atoms with Gasteiger partial charge in [-0.15, -0.1) is 0 Å². The van der Waals surface area contributed by atoms with Crippen molar-refractivity contribution in [2.45, 2.75) is 20.8 Å². The number of hydrogen-bond acceptors (Lipinski definition) is 5. The zero-order chi connectivity index (χ0) is 23.9. The van der Waals surface area contributed by atoms with E-state index < -0.39 is 16.7 Å². The van der Waals surface area contributed by atoms with E-state index in [1.54, 1.807) is 24.3 Å². The fourth-order valence-corrected chi connectivity index (χ4v) is 3.93. The largest absolute Gasteiger partial charge is 0.350 e. The molecule has 0 bridgehead atoms. The average Bonchev–Trinajstić information content (AvgIpc) is 3.00. The number of carbonyl (C=O) groups is 2. The van der Waals surface area contributed by atoms with Crippen molar-refractivity contribution < 1.29 is 14.5 Å². The van der Waals surface area contributed by atoms with Crippen LogP contribution in [0.3, 0.4) is 0 Å². The van der Waals surface area contributed by atoms with Gasteiger partial charge in [0.2, 0.25) is 0 Å². The van der Waals surface area contributed by atoms with Gasteiger partial charge in [-0.25, -0.2) is 4.90 Å². The SMILES string of the molecule is Cc1ccc(N2C(=O)C(Nc3ccc(C)c(Cl)c3)=C(c3ccc([N+](=O)[O-])cc3)C2=O)c(C)c1. The minimum atomic E-state index is -0.519. The molecule has 4 rings (SSSR count). The highest BCUT2D eigenvalue weighted by Crippen LogP contribution is 2.36. The Balaban J connectivity index is 1.84. The number of halogens is 1. The first-order valence-electron chi connectivity index (χ1n) is 10.2. The molecule has 0 saturated heterocycles. The maximum atomic E-state index is 13.5. The number of benzene rings is 3. The van der Waals surface area contributed by atoms with Crippen LogP contribution in [0.5, 0.6) is 0 Å². The van der Waals surface area contributed by atoms with Crippen molar-refractivity contribution in [3.8, 4) is 0 Å². The molecular weight excluding hydrogens is 442 g/mol. The first kappa shape index (κ1) is 22.2. The third kappa shape index (κ3) is 4.10. The molecule has 7 nitrogen and oxygen atoms in total. The molecular formula is C25H20ClN3O4. The highest BCUT2D eigenvalue weighted by Gasteiger charge is 2.41.